The highest BCUT2D eigenvalue weighted by atomic mass is 79.9. The monoisotopic (exact) mass is 309 g/mol. The van der Waals surface area contributed by atoms with Crippen LogP contribution in [0.5, 0.6) is 0 Å². The first-order chi connectivity index (χ1) is 7.58. The van der Waals surface area contributed by atoms with Crippen molar-refractivity contribution in [1.82, 2.24) is 4.72 Å². The van der Waals surface area contributed by atoms with E-state index in [1.54, 1.807) is 0 Å². The number of unbranched alkanes of at least 4 members (excludes halogenated alkanes) is 1. The van der Waals surface area contributed by atoms with Crippen molar-refractivity contribution in [3.05, 3.63) is 30.1 Å². The number of hydrogen-bond acceptors (Lipinski definition) is 2. The Morgan fingerprint density at radius 3 is 2.56 bits per heavy atom. The Kier molecular flexibility index (Phi) is 5.37. The smallest absolute Gasteiger partial charge is 0.211 e. The van der Waals surface area contributed by atoms with Crippen LogP contribution in [0.2, 0.25) is 0 Å². The van der Waals surface area contributed by atoms with Gasteiger partial charge >= 0.3 is 0 Å². The highest BCUT2D eigenvalue weighted by Gasteiger charge is 2.17. The van der Waals surface area contributed by atoms with Crippen LogP contribution >= 0.6 is 15.9 Å². The van der Waals surface area contributed by atoms with E-state index in [-0.39, 0.29) is 4.90 Å². The molecule has 6 heteroatoms. The summed E-state index contributed by atoms with van der Waals surface area (Å²) in [6.45, 7) is 0.322. The van der Waals surface area contributed by atoms with E-state index in [4.69, 9.17) is 0 Å². The third-order valence-corrected chi connectivity index (χ3v) is 4.03. The van der Waals surface area contributed by atoms with Crippen LogP contribution in [0.15, 0.2) is 29.2 Å². The normalized spacial score (nSPS) is 11.6. The highest BCUT2D eigenvalue weighted by Crippen LogP contribution is 2.12. The van der Waals surface area contributed by atoms with Gasteiger partial charge in [0.25, 0.3) is 0 Å². The third kappa shape index (κ3) is 3.84. The van der Waals surface area contributed by atoms with Crippen LogP contribution in [0.3, 0.4) is 0 Å². The average Bonchev–Trinajstić information content (AvgIpc) is 2.25. The van der Waals surface area contributed by atoms with Gasteiger partial charge in [0.05, 0.1) is 0 Å². The molecule has 0 aliphatic rings. The standard InChI is InChI=1S/C10H13BrFNO2S/c11-7-3-4-8-13-16(14,15)10-6-2-1-5-9(10)12/h1-2,5-6,13H,3-4,7-8H2. The molecule has 0 aliphatic carbocycles. The molecule has 0 fully saturated rings. The van der Waals surface area contributed by atoms with Gasteiger partial charge in [-0.3, -0.25) is 0 Å². The van der Waals surface area contributed by atoms with Gasteiger partial charge < -0.3 is 0 Å². The highest BCUT2D eigenvalue weighted by molar-refractivity contribution is 9.09. The maximum atomic E-state index is 13.2. The number of halogens is 2. The van der Waals surface area contributed by atoms with Crippen molar-refractivity contribution in [1.29, 1.82) is 0 Å². The van der Waals surface area contributed by atoms with Gasteiger partial charge in [0.2, 0.25) is 10.0 Å². The van der Waals surface area contributed by atoms with Gasteiger partial charge in [-0.2, -0.15) is 0 Å². The Bertz CT molecular complexity index is 436. The molecular weight excluding hydrogens is 297 g/mol. The number of alkyl halides is 1. The summed E-state index contributed by atoms with van der Waals surface area (Å²) < 4.78 is 38.9. The Balaban J connectivity index is 2.68. The second-order valence-corrected chi connectivity index (χ2v) is 5.75. The molecule has 0 saturated carbocycles. The minimum Gasteiger partial charge on any atom is -0.211 e. The van der Waals surface area contributed by atoms with Crippen molar-refractivity contribution in [3.63, 3.8) is 0 Å². The fourth-order valence-electron chi connectivity index (χ4n) is 1.17. The molecule has 0 amide bonds. The van der Waals surface area contributed by atoms with Crippen molar-refractivity contribution < 1.29 is 12.8 Å². The number of nitrogens with one attached hydrogen (secondary N) is 1. The minimum absolute atomic E-state index is 0.297. The molecule has 16 heavy (non-hydrogen) atoms. The Labute approximate surface area is 103 Å². The molecular formula is C10H13BrFNO2S. The van der Waals surface area contributed by atoms with Crippen molar-refractivity contribution in [2.24, 2.45) is 0 Å². The predicted molar refractivity (Wildman–Crippen MR) is 64.6 cm³/mol. The molecule has 0 spiro atoms. The second kappa shape index (κ2) is 6.32. The maximum Gasteiger partial charge on any atom is 0.243 e. The second-order valence-electron chi connectivity index (χ2n) is 3.22. The van der Waals surface area contributed by atoms with Crippen LogP contribution in [0.1, 0.15) is 12.8 Å². The quantitative estimate of drug-likeness (QED) is 0.647. The molecule has 1 rings (SSSR count). The summed E-state index contributed by atoms with van der Waals surface area (Å²) in [5, 5.41) is 0.828. The molecule has 0 radical (unpaired) electrons. The van der Waals surface area contributed by atoms with Crippen molar-refractivity contribution in [2.45, 2.75) is 17.7 Å². The Morgan fingerprint density at radius 2 is 1.94 bits per heavy atom. The summed E-state index contributed by atoms with van der Waals surface area (Å²) in [4.78, 5) is -0.297. The third-order valence-electron chi connectivity index (χ3n) is 1.98. The van der Waals surface area contributed by atoms with Gasteiger partial charge in [-0.25, -0.2) is 17.5 Å². The first-order valence-corrected chi connectivity index (χ1v) is 7.48. The van der Waals surface area contributed by atoms with Crippen LogP contribution in [0.4, 0.5) is 4.39 Å². The molecule has 0 bridgehead atoms. The zero-order chi connectivity index (χ0) is 12.0. The van der Waals surface area contributed by atoms with Crippen molar-refractivity contribution in [2.75, 3.05) is 11.9 Å². The van der Waals surface area contributed by atoms with E-state index in [1.807, 2.05) is 0 Å². The maximum absolute atomic E-state index is 13.2. The Hall–Kier alpha value is -0.460. The van der Waals surface area contributed by atoms with E-state index >= 15 is 0 Å². The SMILES string of the molecule is O=S(=O)(NCCCCBr)c1ccccc1F. The lowest BCUT2D eigenvalue weighted by atomic mass is 10.3. The van der Waals surface area contributed by atoms with Crippen LogP contribution < -0.4 is 4.72 Å². The molecule has 0 saturated heterocycles. The molecule has 0 heterocycles. The molecule has 0 aliphatic heterocycles. The minimum atomic E-state index is -3.71. The molecule has 1 aromatic carbocycles. The summed E-state index contributed by atoms with van der Waals surface area (Å²) >= 11 is 3.25. The number of benzene rings is 1. The lowest BCUT2D eigenvalue weighted by molar-refractivity contribution is 0.555. The van der Waals surface area contributed by atoms with Crippen molar-refractivity contribution >= 4 is 26.0 Å². The van der Waals surface area contributed by atoms with E-state index in [0.29, 0.717) is 6.54 Å². The molecule has 1 aromatic rings. The van der Waals surface area contributed by atoms with Gasteiger partial charge in [0, 0.05) is 11.9 Å². The van der Waals surface area contributed by atoms with E-state index < -0.39 is 15.8 Å². The first kappa shape index (κ1) is 13.6. The number of hydrogen-bond donors (Lipinski definition) is 1. The number of rotatable bonds is 6. The molecule has 90 valence electrons. The lowest BCUT2D eigenvalue weighted by Gasteiger charge is -2.06. The van der Waals surface area contributed by atoms with E-state index in [0.717, 1.165) is 24.2 Å². The largest absolute Gasteiger partial charge is 0.243 e. The van der Waals surface area contributed by atoms with Crippen LogP contribution in [-0.2, 0) is 10.0 Å². The van der Waals surface area contributed by atoms with Gasteiger partial charge in [-0.15, -0.1) is 0 Å². The lowest BCUT2D eigenvalue weighted by Crippen LogP contribution is -2.25. The zero-order valence-electron chi connectivity index (χ0n) is 8.62. The van der Waals surface area contributed by atoms with E-state index in [1.165, 1.54) is 18.2 Å². The summed E-state index contributed by atoms with van der Waals surface area (Å²) in [6.07, 6.45) is 1.60. The topological polar surface area (TPSA) is 46.2 Å². The fourth-order valence-corrected chi connectivity index (χ4v) is 2.71. The van der Waals surface area contributed by atoms with Gasteiger partial charge in [-0.1, -0.05) is 28.1 Å². The van der Waals surface area contributed by atoms with Crippen LogP contribution in [0.25, 0.3) is 0 Å². The fraction of sp³-hybridized carbons (Fsp3) is 0.400. The van der Waals surface area contributed by atoms with E-state index in [2.05, 4.69) is 20.7 Å². The van der Waals surface area contributed by atoms with Gasteiger partial charge in [0.15, 0.2) is 0 Å². The number of sulfonamides is 1. The molecule has 1 N–H and O–H groups in total. The summed E-state index contributed by atoms with van der Waals surface area (Å²) in [5.41, 5.74) is 0. The molecule has 3 nitrogen and oxygen atoms in total. The summed E-state index contributed by atoms with van der Waals surface area (Å²) in [5.74, 6) is -0.726. The molecule has 0 atom stereocenters. The summed E-state index contributed by atoms with van der Waals surface area (Å²) in [6, 6.07) is 5.34. The van der Waals surface area contributed by atoms with Crippen LogP contribution in [0, 0.1) is 5.82 Å². The zero-order valence-corrected chi connectivity index (χ0v) is 11.0. The molecule has 0 unspecified atom stereocenters. The average molecular weight is 310 g/mol. The predicted octanol–water partition coefficient (Wildman–Crippen LogP) is 2.28. The Morgan fingerprint density at radius 1 is 1.25 bits per heavy atom. The van der Waals surface area contributed by atoms with Gasteiger partial charge in [-0.05, 0) is 25.0 Å². The first-order valence-electron chi connectivity index (χ1n) is 4.88. The summed E-state index contributed by atoms with van der Waals surface area (Å²) in [7, 11) is -3.71. The molecule has 0 aromatic heterocycles. The van der Waals surface area contributed by atoms with Crippen molar-refractivity contribution in [3.8, 4) is 0 Å². The van der Waals surface area contributed by atoms with E-state index in [9.17, 15) is 12.8 Å². The van der Waals surface area contributed by atoms with Crippen LogP contribution in [-0.4, -0.2) is 20.3 Å². The van der Waals surface area contributed by atoms with Gasteiger partial charge in [0.1, 0.15) is 10.7 Å².